The van der Waals surface area contributed by atoms with E-state index in [0.29, 0.717) is 12.5 Å². The molecule has 0 fully saturated rings. The van der Waals surface area contributed by atoms with Crippen molar-refractivity contribution in [2.75, 3.05) is 13.2 Å². The van der Waals surface area contributed by atoms with E-state index in [1.165, 1.54) is 11.3 Å². The zero-order valence-electron chi connectivity index (χ0n) is 19.5. The third-order valence-electron chi connectivity index (χ3n) is 4.82. The van der Waals surface area contributed by atoms with Crippen molar-refractivity contribution in [1.29, 1.82) is 0 Å². The Morgan fingerprint density at radius 1 is 1.17 bits per heavy atom. The molecule has 168 valence electrons. The summed E-state index contributed by atoms with van der Waals surface area (Å²) >= 11 is 0. The first-order valence-electron chi connectivity index (χ1n) is 10.6. The van der Waals surface area contributed by atoms with Gasteiger partial charge >= 0.3 is 0 Å². The van der Waals surface area contributed by atoms with Crippen molar-refractivity contribution >= 4 is 29.9 Å². The Labute approximate surface area is 198 Å². The molecule has 0 aliphatic rings. The second kappa shape index (κ2) is 12.8. The number of benzene rings is 1. The molecule has 2 rings (SSSR count). The summed E-state index contributed by atoms with van der Waals surface area (Å²) in [5.74, 6) is 2.26. The number of hydrogen-bond acceptors (Lipinski definition) is 3. The van der Waals surface area contributed by atoms with Crippen LogP contribution in [0.4, 0.5) is 0 Å². The van der Waals surface area contributed by atoms with Gasteiger partial charge in [-0.15, -0.1) is 24.0 Å². The highest BCUT2D eigenvalue weighted by atomic mass is 127. The molecule has 7 heteroatoms. The number of halogens is 1. The summed E-state index contributed by atoms with van der Waals surface area (Å²) in [5, 5.41) is 11.4. The van der Waals surface area contributed by atoms with Crippen LogP contribution in [0.1, 0.15) is 50.2 Å². The average molecular weight is 527 g/mol. The fourth-order valence-electron chi connectivity index (χ4n) is 3.15. The highest BCUT2D eigenvalue weighted by Crippen LogP contribution is 2.15. The lowest BCUT2D eigenvalue weighted by molar-refractivity contribution is 0.271. The van der Waals surface area contributed by atoms with Gasteiger partial charge in [0, 0.05) is 25.3 Å². The van der Waals surface area contributed by atoms with Gasteiger partial charge in [-0.05, 0) is 63.3 Å². The van der Waals surface area contributed by atoms with E-state index in [2.05, 4.69) is 69.4 Å². The maximum atomic E-state index is 5.75. The number of aliphatic imine (C=N–C) groups is 1. The van der Waals surface area contributed by atoms with Gasteiger partial charge in [-0.1, -0.05) is 26.0 Å². The summed E-state index contributed by atoms with van der Waals surface area (Å²) in [7, 11) is 1.99. The molecule has 2 N–H and O–H groups in total. The summed E-state index contributed by atoms with van der Waals surface area (Å²) in [5.41, 5.74) is 4.78. The van der Waals surface area contributed by atoms with Crippen LogP contribution in [0, 0.1) is 19.8 Å². The van der Waals surface area contributed by atoms with Crippen LogP contribution < -0.4 is 15.4 Å². The van der Waals surface area contributed by atoms with Gasteiger partial charge in [0.25, 0.3) is 0 Å². The van der Waals surface area contributed by atoms with Crippen LogP contribution in [0.25, 0.3) is 0 Å². The highest BCUT2D eigenvalue weighted by Gasteiger charge is 2.14. The lowest BCUT2D eigenvalue weighted by Crippen LogP contribution is -2.43. The first-order chi connectivity index (χ1) is 13.8. The molecule has 1 heterocycles. The van der Waals surface area contributed by atoms with E-state index in [-0.39, 0.29) is 30.0 Å². The van der Waals surface area contributed by atoms with Crippen LogP contribution in [0.2, 0.25) is 0 Å². The first kappa shape index (κ1) is 26.3. The van der Waals surface area contributed by atoms with Gasteiger partial charge in [0.05, 0.1) is 18.8 Å². The van der Waals surface area contributed by atoms with E-state index in [0.717, 1.165) is 42.5 Å². The smallest absolute Gasteiger partial charge is 0.191 e. The van der Waals surface area contributed by atoms with Crippen LogP contribution in [0.3, 0.4) is 0 Å². The maximum Gasteiger partial charge on any atom is 0.191 e. The predicted molar refractivity (Wildman–Crippen MR) is 136 cm³/mol. The normalized spacial score (nSPS) is 12.5. The molecule has 0 aliphatic heterocycles. The molecule has 0 amide bonds. The van der Waals surface area contributed by atoms with Gasteiger partial charge in [-0.2, -0.15) is 5.10 Å². The Bertz CT molecular complexity index is 799. The zero-order chi connectivity index (χ0) is 21.4. The number of hydrogen-bond donors (Lipinski definition) is 2. The molecule has 6 nitrogen and oxygen atoms in total. The molecule has 0 saturated heterocycles. The largest absolute Gasteiger partial charge is 0.493 e. The van der Waals surface area contributed by atoms with Crippen molar-refractivity contribution in [3.8, 4) is 5.75 Å². The summed E-state index contributed by atoms with van der Waals surface area (Å²) < 4.78 is 7.70. The SMILES string of the molecule is CCNC(=NCc1ccc(OCC(C)C)cc1)NC(C)Cc1c(C)nn(C)c1C.I. The molecule has 0 bridgehead atoms. The average Bonchev–Trinajstić information content (AvgIpc) is 2.91. The number of guanidine groups is 1. The lowest BCUT2D eigenvalue weighted by Gasteiger charge is -2.18. The Morgan fingerprint density at radius 3 is 2.37 bits per heavy atom. The van der Waals surface area contributed by atoms with Crippen LogP contribution in [-0.2, 0) is 20.0 Å². The van der Waals surface area contributed by atoms with E-state index in [4.69, 9.17) is 9.73 Å². The molecule has 30 heavy (non-hydrogen) atoms. The molecule has 0 spiro atoms. The van der Waals surface area contributed by atoms with Gasteiger partial charge in [0.1, 0.15) is 5.75 Å². The van der Waals surface area contributed by atoms with E-state index in [9.17, 15) is 0 Å². The number of nitrogens with one attached hydrogen (secondary N) is 2. The molecule has 1 unspecified atom stereocenters. The minimum Gasteiger partial charge on any atom is -0.493 e. The molecule has 0 saturated carbocycles. The Balaban J connectivity index is 0.00000450. The summed E-state index contributed by atoms with van der Waals surface area (Å²) in [6.07, 6.45) is 0.914. The molecular formula is C23H38IN5O. The Morgan fingerprint density at radius 2 is 1.83 bits per heavy atom. The zero-order valence-corrected chi connectivity index (χ0v) is 21.8. The van der Waals surface area contributed by atoms with Crippen molar-refractivity contribution < 1.29 is 4.74 Å². The number of ether oxygens (including phenoxy) is 1. The fourth-order valence-corrected chi connectivity index (χ4v) is 3.15. The Kier molecular flexibility index (Phi) is 11.2. The summed E-state index contributed by atoms with van der Waals surface area (Å²) in [6.45, 7) is 14.9. The molecule has 0 aliphatic carbocycles. The van der Waals surface area contributed by atoms with Crippen molar-refractivity contribution in [3.63, 3.8) is 0 Å². The summed E-state index contributed by atoms with van der Waals surface area (Å²) in [4.78, 5) is 4.75. The lowest BCUT2D eigenvalue weighted by atomic mass is 10.1. The van der Waals surface area contributed by atoms with Gasteiger partial charge in [-0.25, -0.2) is 4.99 Å². The minimum atomic E-state index is 0. The highest BCUT2D eigenvalue weighted by molar-refractivity contribution is 14.0. The van der Waals surface area contributed by atoms with E-state index in [1.807, 2.05) is 23.9 Å². The van der Waals surface area contributed by atoms with Crippen LogP contribution >= 0.6 is 24.0 Å². The molecule has 0 radical (unpaired) electrons. The third-order valence-corrected chi connectivity index (χ3v) is 4.82. The molecular weight excluding hydrogens is 489 g/mol. The van der Waals surface area contributed by atoms with Crippen LogP contribution in [-0.4, -0.2) is 34.9 Å². The maximum absolute atomic E-state index is 5.75. The first-order valence-corrected chi connectivity index (χ1v) is 10.6. The minimum absolute atomic E-state index is 0. The number of aryl methyl sites for hydroxylation is 2. The number of aromatic nitrogens is 2. The fraction of sp³-hybridized carbons (Fsp3) is 0.565. The third kappa shape index (κ3) is 8.16. The molecule has 1 atom stereocenters. The van der Waals surface area contributed by atoms with Crippen molar-refractivity contribution in [2.24, 2.45) is 18.0 Å². The number of rotatable bonds is 9. The molecule has 1 aromatic carbocycles. The summed E-state index contributed by atoms with van der Waals surface area (Å²) in [6, 6.07) is 8.44. The Hall–Kier alpha value is -1.77. The predicted octanol–water partition coefficient (Wildman–Crippen LogP) is 4.38. The van der Waals surface area contributed by atoms with Gasteiger partial charge in [-0.3, -0.25) is 4.68 Å². The second-order valence-electron chi connectivity index (χ2n) is 8.07. The molecule has 1 aromatic heterocycles. The van der Waals surface area contributed by atoms with Gasteiger partial charge in [0.2, 0.25) is 0 Å². The monoisotopic (exact) mass is 527 g/mol. The van der Waals surface area contributed by atoms with Crippen molar-refractivity contribution in [1.82, 2.24) is 20.4 Å². The van der Waals surface area contributed by atoms with Gasteiger partial charge in [0.15, 0.2) is 5.96 Å². The van der Waals surface area contributed by atoms with E-state index < -0.39 is 0 Å². The van der Waals surface area contributed by atoms with Crippen molar-refractivity contribution in [3.05, 3.63) is 46.8 Å². The number of nitrogens with zero attached hydrogens (tertiary/aromatic N) is 3. The quantitative estimate of drug-likeness (QED) is 0.289. The molecule has 2 aromatic rings. The van der Waals surface area contributed by atoms with E-state index in [1.54, 1.807) is 0 Å². The van der Waals surface area contributed by atoms with Crippen molar-refractivity contribution in [2.45, 2.75) is 60.5 Å². The standard InChI is InChI=1S/C23H37N5O.HI/c1-8-24-23(26-17(4)13-22-18(5)27-28(7)19(22)6)25-14-20-9-11-21(12-10-20)29-15-16(2)3;/h9-12,16-17H,8,13-15H2,1-7H3,(H2,24,25,26);1H. The van der Waals surface area contributed by atoms with Crippen LogP contribution in [0.15, 0.2) is 29.3 Å². The topological polar surface area (TPSA) is 63.5 Å². The van der Waals surface area contributed by atoms with E-state index >= 15 is 0 Å². The van der Waals surface area contributed by atoms with Gasteiger partial charge < -0.3 is 15.4 Å². The van der Waals surface area contributed by atoms with Crippen LogP contribution in [0.5, 0.6) is 5.75 Å². The second-order valence-corrected chi connectivity index (χ2v) is 8.07.